The minimum atomic E-state index is -0.437. The van der Waals surface area contributed by atoms with E-state index in [0.717, 1.165) is 12.8 Å². The summed E-state index contributed by atoms with van der Waals surface area (Å²) in [4.78, 5) is 0. The van der Waals surface area contributed by atoms with Crippen LogP contribution in [0.1, 0.15) is 32.2 Å². The number of nitrogens with zero attached hydrogens (tertiary/aromatic N) is 4. The van der Waals surface area contributed by atoms with Gasteiger partial charge in [-0.3, -0.25) is 0 Å². The van der Waals surface area contributed by atoms with Crippen LogP contribution in [0.2, 0.25) is 0 Å². The molecule has 2 atom stereocenters. The van der Waals surface area contributed by atoms with Gasteiger partial charge in [-0.25, -0.2) is 9.07 Å². The van der Waals surface area contributed by atoms with Crippen molar-refractivity contribution in [2.24, 2.45) is 5.92 Å². The molecule has 1 heterocycles. The molecule has 2 unspecified atom stereocenters. The first-order chi connectivity index (χ1) is 9.20. The largest absolute Gasteiger partial charge is 0.396 e. The zero-order valence-corrected chi connectivity index (χ0v) is 10.8. The van der Waals surface area contributed by atoms with Gasteiger partial charge in [0.05, 0.1) is 11.7 Å². The molecule has 2 aromatic rings. The topological polar surface area (TPSA) is 69.6 Å². The predicted octanol–water partition coefficient (Wildman–Crippen LogP) is 2.42. The molecule has 1 fully saturated rings. The highest BCUT2D eigenvalue weighted by atomic mass is 19.1. The van der Waals surface area contributed by atoms with Crippen molar-refractivity contribution in [3.63, 3.8) is 0 Å². The van der Waals surface area contributed by atoms with Crippen LogP contribution in [-0.4, -0.2) is 20.2 Å². The summed E-state index contributed by atoms with van der Waals surface area (Å²) in [5.74, 6) is 0.821. The molecule has 0 radical (unpaired) electrons. The van der Waals surface area contributed by atoms with Gasteiger partial charge in [0, 0.05) is 5.56 Å². The number of hydrogen-bond donors (Lipinski definition) is 1. The average molecular weight is 261 g/mol. The summed E-state index contributed by atoms with van der Waals surface area (Å²) in [6.45, 7) is 2.17. The Morgan fingerprint density at radius 3 is 3.05 bits per heavy atom. The number of benzene rings is 1. The van der Waals surface area contributed by atoms with Gasteiger partial charge in [-0.1, -0.05) is 13.3 Å². The van der Waals surface area contributed by atoms with Gasteiger partial charge >= 0.3 is 0 Å². The summed E-state index contributed by atoms with van der Waals surface area (Å²) >= 11 is 0. The number of rotatable bonds is 4. The molecule has 1 aromatic heterocycles. The van der Waals surface area contributed by atoms with Crippen molar-refractivity contribution in [3.8, 4) is 11.4 Å². The maximum atomic E-state index is 13.5. The Hall–Kier alpha value is -1.98. The average Bonchev–Trinajstić information content (AvgIpc) is 2.99. The Labute approximate surface area is 110 Å². The van der Waals surface area contributed by atoms with Gasteiger partial charge in [0.2, 0.25) is 0 Å². The Morgan fingerprint density at radius 2 is 2.32 bits per heavy atom. The van der Waals surface area contributed by atoms with E-state index in [0.29, 0.717) is 23.3 Å². The quantitative estimate of drug-likeness (QED) is 0.858. The second-order valence-corrected chi connectivity index (χ2v) is 5.04. The Balaban J connectivity index is 1.90. The molecule has 100 valence electrons. The van der Waals surface area contributed by atoms with Crippen LogP contribution in [0.3, 0.4) is 0 Å². The number of halogens is 1. The van der Waals surface area contributed by atoms with Gasteiger partial charge in [-0.15, -0.1) is 5.10 Å². The fraction of sp³-hybridized carbons (Fsp3) is 0.462. The molecule has 3 rings (SSSR count). The standard InChI is InChI=1S/C13H16FN5/c1-2-3-8-7-12(8)19-13(16-17-18-19)9-4-5-11(15)10(14)6-9/h4-6,8,12H,2-3,7,15H2,1H3. The molecular weight excluding hydrogens is 245 g/mol. The predicted molar refractivity (Wildman–Crippen MR) is 69.7 cm³/mol. The van der Waals surface area contributed by atoms with Gasteiger partial charge in [0.1, 0.15) is 5.82 Å². The Bertz CT molecular complexity index is 594. The molecule has 0 amide bonds. The lowest BCUT2D eigenvalue weighted by Crippen LogP contribution is -2.02. The van der Waals surface area contributed by atoms with E-state index >= 15 is 0 Å². The molecule has 2 N–H and O–H groups in total. The minimum Gasteiger partial charge on any atom is -0.396 e. The molecule has 0 aliphatic heterocycles. The van der Waals surface area contributed by atoms with E-state index in [1.54, 1.807) is 12.1 Å². The van der Waals surface area contributed by atoms with Gasteiger partial charge in [0.25, 0.3) is 0 Å². The summed E-state index contributed by atoms with van der Waals surface area (Å²) in [5, 5.41) is 11.8. The maximum Gasteiger partial charge on any atom is 0.182 e. The smallest absolute Gasteiger partial charge is 0.182 e. The third-order valence-electron chi connectivity index (χ3n) is 3.61. The summed E-state index contributed by atoms with van der Waals surface area (Å²) in [5.41, 5.74) is 6.28. The lowest BCUT2D eigenvalue weighted by molar-refractivity contribution is 0.548. The van der Waals surface area contributed by atoms with E-state index in [-0.39, 0.29) is 5.69 Å². The molecule has 5 nitrogen and oxygen atoms in total. The normalized spacial score (nSPS) is 21.6. The van der Waals surface area contributed by atoms with Gasteiger partial charge in [-0.05, 0) is 47.4 Å². The second-order valence-electron chi connectivity index (χ2n) is 5.04. The van der Waals surface area contributed by atoms with Crippen LogP contribution in [0, 0.1) is 11.7 Å². The van der Waals surface area contributed by atoms with Gasteiger partial charge in [0.15, 0.2) is 5.82 Å². The molecule has 0 bridgehead atoms. The van der Waals surface area contributed by atoms with E-state index in [9.17, 15) is 4.39 Å². The number of hydrogen-bond acceptors (Lipinski definition) is 4. The number of nitrogens with two attached hydrogens (primary N) is 1. The van der Waals surface area contributed by atoms with Crippen molar-refractivity contribution in [1.29, 1.82) is 0 Å². The molecule has 1 aliphatic rings. The zero-order chi connectivity index (χ0) is 13.4. The van der Waals surface area contributed by atoms with Crippen molar-refractivity contribution in [2.75, 3.05) is 5.73 Å². The highest BCUT2D eigenvalue weighted by Gasteiger charge is 2.40. The first-order valence-corrected chi connectivity index (χ1v) is 6.54. The molecule has 1 aromatic carbocycles. The lowest BCUT2D eigenvalue weighted by Gasteiger charge is -2.05. The van der Waals surface area contributed by atoms with E-state index in [2.05, 4.69) is 22.4 Å². The van der Waals surface area contributed by atoms with Crippen LogP contribution < -0.4 is 5.73 Å². The van der Waals surface area contributed by atoms with Crippen LogP contribution in [0.15, 0.2) is 18.2 Å². The van der Waals surface area contributed by atoms with Crippen LogP contribution in [0.4, 0.5) is 10.1 Å². The highest BCUT2D eigenvalue weighted by Crippen LogP contribution is 2.47. The molecule has 6 heteroatoms. The van der Waals surface area contributed by atoms with E-state index in [1.165, 1.54) is 12.5 Å². The van der Waals surface area contributed by atoms with E-state index in [1.807, 2.05) is 4.68 Å². The summed E-state index contributed by atoms with van der Waals surface area (Å²) in [7, 11) is 0. The SMILES string of the molecule is CCCC1CC1n1nnnc1-c1ccc(N)c(F)c1. The molecule has 0 spiro atoms. The summed E-state index contributed by atoms with van der Waals surface area (Å²) in [6.07, 6.45) is 3.44. The fourth-order valence-corrected chi connectivity index (χ4v) is 2.49. The first kappa shape index (κ1) is 12.1. The van der Waals surface area contributed by atoms with Gasteiger partial charge in [-0.2, -0.15) is 0 Å². The monoisotopic (exact) mass is 261 g/mol. The fourth-order valence-electron chi connectivity index (χ4n) is 2.49. The third-order valence-corrected chi connectivity index (χ3v) is 3.61. The molecule has 1 saturated carbocycles. The van der Waals surface area contributed by atoms with Crippen molar-refractivity contribution in [1.82, 2.24) is 20.2 Å². The minimum absolute atomic E-state index is 0.137. The Morgan fingerprint density at radius 1 is 1.47 bits per heavy atom. The number of aromatic nitrogens is 4. The van der Waals surface area contributed by atoms with Crippen molar-refractivity contribution in [3.05, 3.63) is 24.0 Å². The number of nitrogen functional groups attached to an aromatic ring is 1. The first-order valence-electron chi connectivity index (χ1n) is 6.54. The van der Waals surface area contributed by atoms with Crippen molar-refractivity contribution >= 4 is 5.69 Å². The third kappa shape index (κ3) is 2.18. The van der Waals surface area contributed by atoms with Gasteiger partial charge < -0.3 is 5.73 Å². The molecule has 1 aliphatic carbocycles. The van der Waals surface area contributed by atoms with Crippen LogP contribution in [0.5, 0.6) is 0 Å². The summed E-state index contributed by atoms with van der Waals surface area (Å²) < 4.78 is 15.3. The van der Waals surface area contributed by atoms with Crippen molar-refractivity contribution in [2.45, 2.75) is 32.2 Å². The second kappa shape index (κ2) is 4.60. The number of tetrazole rings is 1. The number of anilines is 1. The molecule has 0 saturated heterocycles. The van der Waals surface area contributed by atoms with E-state index < -0.39 is 5.82 Å². The summed E-state index contributed by atoms with van der Waals surface area (Å²) in [6, 6.07) is 5.03. The Kier molecular flexibility index (Phi) is 2.93. The maximum absolute atomic E-state index is 13.5. The van der Waals surface area contributed by atoms with Crippen LogP contribution >= 0.6 is 0 Å². The van der Waals surface area contributed by atoms with Crippen LogP contribution in [0.25, 0.3) is 11.4 Å². The van der Waals surface area contributed by atoms with E-state index in [4.69, 9.17) is 5.73 Å². The lowest BCUT2D eigenvalue weighted by atomic mass is 10.2. The zero-order valence-electron chi connectivity index (χ0n) is 10.8. The van der Waals surface area contributed by atoms with Crippen molar-refractivity contribution < 1.29 is 4.39 Å². The molecule has 19 heavy (non-hydrogen) atoms. The van der Waals surface area contributed by atoms with Crippen LogP contribution in [-0.2, 0) is 0 Å². The highest BCUT2D eigenvalue weighted by molar-refractivity contribution is 5.59. The molecular formula is C13H16FN5.